The maximum Gasteiger partial charge on any atom is 0.236 e. The molecule has 4 nitrogen and oxygen atoms in total. The van der Waals surface area contributed by atoms with Crippen LogP contribution in [0.1, 0.15) is 11.3 Å². The lowest BCUT2D eigenvalue weighted by atomic mass is 10.1. The van der Waals surface area contributed by atoms with Crippen molar-refractivity contribution in [3.8, 4) is 11.5 Å². The SMILES string of the molecule is Cc1coc(-c2ccc(CS(=O)(=O)Cl)cc2)n1. The summed E-state index contributed by atoms with van der Waals surface area (Å²) in [5, 5.41) is 0. The molecule has 90 valence electrons. The van der Waals surface area contributed by atoms with Crippen LogP contribution in [0.2, 0.25) is 0 Å². The quantitative estimate of drug-likeness (QED) is 0.806. The Balaban J connectivity index is 2.24. The van der Waals surface area contributed by atoms with Crippen LogP contribution in [0.5, 0.6) is 0 Å². The van der Waals surface area contributed by atoms with Crippen LogP contribution in [0.15, 0.2) is 34.9 Å². The molecule has 0 atom stereocenters. The Morgan fingerprint density at radius 3 is 2.41 bits per heavy atom. The number of nitrogens with zero attached hydrogens (tertiary/aromatic N) is 1. The summed E-state index contributed by atoms with van der Waals surface area (Å²) < 4.78 is 27.0. The highest BCUT2D eigenvalue weighted by atomic mass is 35.7. The van der Waals surface area contributed by atoms with Gasteiger partial charge in [0.25, 0.3) is 0 Å². The van der Waals surface area contributed by atoms with Crippen LogP contribution < -0.4 is 0 Å². The number of oxazole rings is 1. The van der Waals surface area contributed by atoms with Gasteiger partial charge in [0, 0.05) is 16.2 Å². The first-order chi connectivity index (χ1) is 7.94. The van der Waals surface area contributed by atoms with Crippen molar-refractivity contribution in [2.45, 2.75) is 12.7 Å². The topological polar surface area (TPSA) is 60.2 Å². The minimum absolute atomic E-state index is 0.181. The molecule has 0 N–H and O–H groups in total. The third-order valence-electron chi connectivity index (χ3n) is 2.16. The molecule has 0 saturated carbocycles. The number of benzene rings is 1. The van der Waals surface area contributed by atoms with E-state index in [2.05, 4.69) is 4.98 Å². The second-order valence-electron chi connectivity index (χ2n) is 3.67. The van der Waals surface area contributed by atoms with E-state index in [1.165, 1.54) is 0 Å². The van der Waals surface area contributed by atoms with Crippen LogP contribution in [0.25, 0.3) is 11.5 Å². The standard InChI is InChI=1S/C11H10ClNO3S/c1-8-6-16-11(13-8)10-4-2-9(3-5-10)7-17(12,14)15/h2-6H,7H2,1H3. The van der Waals surface area contributed by atoms with Crippen molar-refractivity contribution in [3.05, 3.63) is 41.8 Å². The Labute approximate surface area is 104 Å². The van der Waals surface area contributed by atoms with Crippen molar-refractivity contribution in [1.29, 1.82) is 0 Å². The highest BCUT2D eigenvalue weighted by Gasteiger charge is 2.08. The van der Waals surface area contributed by atoms with E-state index < -0.39 is 9.05 Å². The van der Waals surface area contributed by atoms with Gasteiger partial charge in [-0.3, -0.25) is 0 Å². The van der Waals surface area contributed by atoms with E-state index in [4.69, 9.17) is 15.1 Å². The zero-order chi connectivity index (χ0) is 12.5. The summed E-state index contributed by atoms with van der Waals surface area (Å²) in [6.07, 6.45) is 1.56. The van der Waals surface area contributed by atoms with Gasteiger partial charge in [-0.1, -0.05) is 12.1 Å². The molecule has 6 heteroatoms. The normalized spacial score (nSPS) is 11.6. The molecule has 17 heavy (non-hydrogen) atoms. The van der Waals surface area contributed by atoms with Gasteiger partial charge < -0.3 is 4.42 Å². The third kappa shape index (κ3) is 3.31. The molecule has 0 fully saturated rings. The molecule has 0 aliphatic heterocycles. The Bertz CT molecular complexity index is 616. The summed E-state index contributed by atoms with van der Waals surface area (Å²) in [6.45, 7) is 1.83. The van der Waals surface area contributed by atoms with Crippen molar-refractivity contribution in [2.24, 2.45) is 0 Å². The number of hydrogen-bond donors (Lipinski definition) is 0. The number of aromatic nitrogens is 1. The average molecular weight is 272 g/mol. The van der Waals surface area contributed by atoms with Gasteiger partial charge in [-0.25, -0.2) is 13.4 Å². The highest BCUT2D eigenvalue weighted by Crippen LogP contribution is 2.20. The van der Waals surface area contributed by atoms with Crippen molar-refractivity contribution in [2.75, 3.05) is 0 Å². The van der Waals surface area contributed by atoms with E-state index in [1.807, 2.05) is 6.92 Å². The first-order valence-corrected chi connectivity index (χ1v) is 7.36. The Morgan fingerprint density at radius 2 is 1.94 bits per heavy atom. The summed E-state index contributed by atoms with van der Waals surface area (Å²) in [7, 11) is 1.65. The van der Waals surface area contributed by atoms with Gasteiger partial charge >= 0.3 is 0 Å². The van der Waals surface area contributed by atoms with Gasteiger partial charge in [-0.2, -0.15) is 0 Å². The van der Waals surface area contributed by atoms with E-state index in [-0.39, 0.29) is 5.75 Å². The van der Waals surface area contributed by atoms with Gasteiger partial charge in [0.2, 0.25) is 14.9 Å². The predicted octanol–water partition coefficient (Wildman–Crippen LogP) is 2.72. The van der Waals surface area contributed by atoms with Crippen LogP contribution in [0.4, 0.5) is 0 Å². The van der Waals surface area contributed by atoms with Crippen LogP contribution in [-0.2, 0) is 14.8 Å². The molecule has 0 spiro atoms. The minimum Gasteiger partial charge on any atom is -0.444 e. The number of rotatable bonds is 3. The largest absolute Gasteiger partial charge is 0.444 e. The lowest BCUT2D eigenvalue weighted by Gasteiger charge is -1.99. The lowest BCUT2D eigenvalue weighted by Crippen LogP contribution is -1.94. The molecule has 0 bridgehead atoms. The Morgan fingerprint density at radius 1 is 1.29 bits per heavy atom. The van der Waals surface area contributed by atoms with E-state index in [1.54, 1.807) is 30.5 Å². The number of hydrogen-bond acceptors (Lipinski definition) is 4. The summed E-state index contributed by atoms with van der Waals surface area (Å²) >= 11 is 0. The predicted molar refractivity (Wildman–Crippen MR) is 65.2 cm³/mol. The second kappa shape index (κ2) is 4.50. The second-order valence-corrected chi connectivity index (χ2v) is 6.45. The summed E-state index contributed by atoms with van der Waals surface area (Å²) in [5.74, 6) is 0.335. The van der Waals surface area contributed by atoms with Gasteiger partial charge in [0.1, 0.15) is 6.26 Å². The first kappa shape index (κ1) is 12.1. The van der Waals surface area contributed by atoms with Gasteiger partial charge in [0.05, 0.1) is 11.4 Å². The molecule has 1 aromatic carbocycles. The van der Waals surface area contributed by atoms with Crippen LogP contribution in [-0.4, -0.2) is 13.4 Å². The average Bonchev–Trinajstić information content (AvgIpc) is 2.63. The van der Waals surface area contributed by atoms with Crippen molar-refractivity contribution < 1.29 is 12.8 Å². The van der Waals surface area contributed by atoms with Crippen molar-refractivity contribution >= 4 is 19.7 Å². The summed E-state index contributed by atoms with van der Waals surface area (Å²) in [5.41, 5.74) is 2.23. The fraction of sp³-hybridized carbons (Fsp3) is 0.182. The van der Waals surface area contributed by atoms with Gasteiger partial charge in [-0.15, -0.1) is 0 Å². The number of halogens is 1. The summed E-state index contributed by atoms with van der Waals surface area (Å²) in [6, 6.07) is 6.88. The first-order valence-electron chi connectivity index (χ1n) is 4.88. The third-order valence-corrected chi connectivity index (χ3v) is 3.16. The van der Waals surface area contributed by atoms with Gasteiger partial charge in [0.15, 0.2) is 0 Å². The lowest BCUT2D eigenvalue weighted by molar-refractivity contribution is 0.573. The zero-order valence-corrected chi connectivity index (χ0v) is 10.6. The van der Waals surface area contributed by atoms with Crippen LogP contribution in [0.3, 0.4) is 0 Å². The zero-order valence-electron chi connectivity index (χ0n) is 9.05. The molecule has 0 saturated heterocycles. The molecule has 1 heterocycles. The van der Waals surface area contributed by atoms with Crippen molar-refractivity contribution in [1.82, 2.24) is 4.98 Å². The molecule has 0 unspecified atom stereocenters. The fourth-order valence-electron chi connectivity index (χ4n) is 1.43. The molecule has 1 aromatic heterocycles. The molecule has 0 aliphatic rings. The molecule has 0 amide bonds. The van der Waals surface area contributed by atoms with E-state index in [9.17, 15) is 8.42 Å². The Kier molecular flexibility index (Phi) is 3.22. The fourth-order valence-corrected chi connectivity index (χ4v) is 2.40. The maximum atomic E-state index is 10.9. The smallest absolute Gasteiger partial charge is 0.236 e. The monoisotopic (exact) mass is 271 g/mol. The molecule has 2 rings (SSSR count). The summed E-state index contributed by atoms with van der Waals surface area (Å²) in [4.78, 5) is 4.17. The minimum atomic E-state index is -3.52. The Hall–Kier alpha value is -1.33. The van der Waals surface area contributed by atoms with E-state index in [0.717, 1.165) is 11.3 Å². The van der Waals surface area contributed by atoms with Crippen molar-refractivity contribution in [3.63, 3.8) is 0 Å². The molecule has 0 radical (unpaired) electrons. The van der Waals surface area contributed by atoms with Crippen LogP contribution in [0, 0.1) is 6.92 Å². The maximum absolute atomic E-state index is 10.9. The number of aryl methyl sites for hydroxylation is 1. The molecular formula is C11H10ClNO3S. The van der Waals surface area contributed by atoms with E-state index >= 15 is 0 Å². The van der Waals surface area contributed by atoms with Gasteiger partial charge in [-0.05, 0) is 24.6 Å². The van der Waals surface area contributed by atoms with Crippen LogP contribution >= 0.6 is 10.7 Å². The molecule has 0 aliphatic carbocycles. The molecule has 2 aromatic rings. The molecular weight excluding hydrogens is 262 g/mol. The highest BCUT2D eigenvalue weighted by molar-refractivity contribution is 8.13. The van der Waals surface area contributed by atoms with E-state index in [0.29, 0.717) is 11.5 Å².